The summed E-state index contributed by atoms with van der Waals surface area (Å²) in [5.74, 6) is -2.21. The zero-order valence-electron chi connectivity index (χ0n) is 12.8. The molecule has 3 N–H and O–H groups in total. The number of carboxylic acids is 2. The first-order valence-electron chi connectivity index (χ1n) is 7.91. The Morgan fingerprint density at radius 1 is 0.955 bits per heavy atom. The van der Waals surface area contributed by atoms with E-state index < -0.39 is 11.9 Å². The fourth-order valence-corrected chi connectivity index (χ4v) is 3.44. The van der Waals surface area contributed by atoms with E-state index >= 15 is 0 Å². The molecule has 0 spiro atoms. The summed E-state index contributed by atoms with van der Waals surface area (Å²) >= 11 is 0. The Bertz CT molecular complexity index is 445. The minimum absolute atomic E-state index is 0.0208. The van der Waals surface area contributed by atoms with Crippen molar-refractivity contribution < 1.29 is 24.6 Å². The molecule has 0 radical (unpaired) electrons. The van der Waals surface area contributed by atoms with Crippen molar-refractivity contribution >= 4 is 18.0 Å². The molecule has 0 aromatic heterocycles. The molecule has 2 amide bonds. The van der Waals surface area contributed by atoms with Crippen LogP contribution in [0.25, 0.3) is 0 Å². The summed E-state index contributed by atoms with van der Waals surface area (Å²) in [4.78, 5) is 35.9. The smallest absolute Gasteiger partial charge is 0.317 e. The standard InChI is InChI=1S/C15H24N2O5/c1-9-8-11(14(20)21)6-7-17(9)15(22)16-12-4-2-10(3-5-12)13(18)19/h9-12H,2-8H2,1H3,(H,16,22)(H,18,19)(H,20,21). The molecule has 7 heteroatoms. The molecule has 1 aliphatic carbocycles. The zero-order valence-corrected chi connectivity index (χ0v) is 12.8. The van der Waals surface area contributed by atoms with Crippen LogP contribution in [0.3, 0.4) is 0 Å². The van der Waals surface area contributed by atoms with Crippen molar-refractivity contribution in [2.24, 2.45) is 11.8 Å². The van der Waals surface area contributed by atoms with Crippen LogP contribution in [0.15, 0.2) is 0 Å². The van der Waals surface area contributed by atoms with Gasteiger partial charge in [-0.15, -0.1) is 0 Å². The summed E-state index contributed by atoms with van der Waals surface area (Å²) in [7, 11) is 0. The van der Waals surface area contributed by atoms with Crippen LogP contribution >= 0.6 is 0 Å². The van der Waals surface area contributed by atoms with Crippen molar-refractivity contribution in [3.8, 4) is 0 Å². The lowest BCUT2D eigenvalue weighted by Crippen LogP contribution is -2.52. The SMILES string of the molecule is CC1CC(C(=O)O)CCN1C(=O)NC1CCC(C(=O)O)CC1. The van der Waals surface area contributed by atoms with Gasteiger partial charge in [0.15, 0.2) is 0 Å². The molecular weight excluding hydrogens is 288 g/mol. The predicted octanol–water partition coefficient (Wildman–Crippen LogP) is 1.52. The van der Waals surface area contributed by atoms with Crippen molar-refractivity contribution in [1.29, 1.82) is 0 Å². The quantitative estimate of drug-likeness (QED) is 0.732. The molecular formula is C15H24N2O5. The van der Waals surface area contributed by atoms with Crippen molar-refractivity contribution in [2.45, 2.75) is 57.5 Å². The first-order valence-corrected chi connectivity index (χ1v) is 7.91. The second-order valence-corrected chi connectivity index (χ2v) is 6.44. The van der Waals surface area contributed by atoms with Crippen LogP contribution in [-0.2, 0) is 9.59 Å². The van der Waals surface area contributed by atoms with Crippen LogP contribution in [0.1, 0.15) is 45.4 Å². The lowest BCUT2D eigenvalue weighted by molar-refractivity contribution is -0.144. The van der Waals surface area contributed by atoms with E-state index in [0.29, 0.717) is 45.1 Å². The Balaban J connectivity index is 1.81. The second-order valence-electron chi connectivity index (χ2n) is 6.44. The monoisotopic (exact) mass is 312 g/mol. The molecule has 1 saturated carbocycles. The lowest BCUT2D eigenvalue weighted by Gasteiger charge is -2.37. The highest BCUT2D eigenvalue weighted by Gasteiger charge is 2.33. The van der Waals surface area contributed by atoms with Gasteiger partial charge in [-0.05, 0) is 45.4 Å². The number of nitrogens with zero attached hydrogens (tertiary/aromatic N) is 1. The number of piperidine rings is 1. The van der Waals surface area contributed by atoms with E-state index in [1.165, 1.54) is 0 Å². The fourth-order valence-electron chi connectivity index (χ4n) is 3.44. The zero-order chi connectivity index (χ0) is 16.3. The van der Waals surface area contributed by atoms with E-state index in [1.54, 1.807) is 4.90 Å². The normalized spacial score (nSPS) is 32.3. The van der Waals surface area contributed by atoms with Gasteiger partial charge in [-0.25, -0.2) is 4.79 Å². The van der Waals surface area contributed by atoms with Crippen LogP contribution in [0.2, 0.25) is 0 Å². The highest BCUT2D eigenvalue weighted by Crippen LogP contribution is 2.26. The van der Waals surface area contributed by atoms with Crippen molar-refractivity contribution in [3.63, 3.8) is 0 Å². The van der Waals surface area contributed by atoms with E-state index in [1.807, 2.05) is 6.92 Å². The van der Waals surface area contributed by atoms with Crippen LogP contribution < -0.4 is 5.32 Å². The molecule has 0 aromatic carbocycles. The summed E-state index contributed by atoms with van der Waals surface area (Å²) in [6.07, 6.45) is 3.52. The number of rotatable bonds is 3. The summed E-state index contributed by atoms with van der Waals surface area (Å²) in [5.41, 5.74) is 0. The molecule has 22 heavy (non-hydrogen) atoms. The maximum Gasteiger partial charge on any atom is 0.317 e. The van der Waals surface area contributed by atoms with E-state index in [9.17, 15) is 14.4 Å². The summed E-state index contributed by atoms with van der Waals surface area (Å²) in [5, 5.41) is 21.0. The van der Waals surface area contributed by atoms with Crippen molar-refractivity contribution in [3.05, 3.63) is 0 Å². The summed E-state index contributed by atoms with van der Waals surface area (Å²) in [6.45, 7) is 2.32. The maximum atomic E-state index is 12.3. The van der Waals surface area contributed by atoms with Crippen molar-refractivity contribution in [1.82, 2.24) is 10.2 Å². The number of aliphatic carboxylic acids is 2. The number of amides is 2. The van der Waals surface area contributed by atoms with Crippen LogP contribution in [0.4, 0.5) is 4.79 Å². The van der Waals surface area contributed by atoms with Crippen LogP contribution in [-0.4, -0.2) is 51.7 Å². The van der Waals surface area contributed by atoms with Gasteiger partial charge in [0.25, 0.3) is 0 Å². The molecule has 7 nitrogen and oxygen atoms in total. The summed E-state index contributed by atoms with van der Waals surface area (Å²) < 4.78 is 0. The number of hydrogen-bond acceptors (Lipinski definition) is 3. The third kappa shape index (κ3) is 3.90. The Labute approximate surface area is 129 Å². The number of carbonyl (C=O) groups is 3. The maximum absolute atomic E-state index is 12.3. The third-order valence-electron chi connectivity index (χ3n) is 4.89. The average Bonchev–Trinajstić information content (AvgIpc) is 2.47. The number of carboxylic acid groups (broad SMARTS) is 2. The van der Waals surface area contributed by atoms with Gasteiger partial charge in [0.1, 0.15) is 0 Å². The molecule has 2 atom stereocenters. The molecule has 2 aliphatic rings. The Kier molecular flexibility index (Phi) is 5.26. The topological polar surface area (TPSA) is 107 Å². The first-order chi connectivity index (χ1) is 10.4. The Morgan fingerprint density at radius 2 is 1.55 bits per heavy atom. The van der Waals surface area contributed by atoms with Crippen LogP contribution in [0, 0.1) is 11.8 Å². The minimum atomic E-state index is -0.793. The molecule has 1 saturated heterocycles. The number of hydrogen-bond donors (Lipinski definition) is 3. The molecule has 0 aromatic rings. The van der Waals surface area contributed by atoms with Gasteiger partial charge in [-0.1, -0.05) is 0 Å². The van der Waals surface area contributed by atoms with E-state index in [0.717, 1.165) is 0 Å². The van der Waals surface area contributed by atoms with Crippen LogP contribution in [0.5, 0.6) is 0 Å². The molecule has 124 valence electrons. The highest BCUT2D eigenvalue weighted by molar-refractivity contribution is 5.76. The Morgan fingerprint density at radius 3 is 2.05 bits per heavy atom. The van der Waals surface area contributed by atoms with Gasteiger partial charge in [0, 0.05) is 18.6 Å². The average molecular weight is 312 g/mol. The number of carbonyl (C=O) groups excluding carboxylic acids is 1. The second kappa shape index (κ2) is 6.98. The number of likely N-dealkylation sites (tertiary alicyclic amines) is 1. The van der Waals surface area contributed by atoms with Gasteiger partial charge in [0.05, 0.1) is 11.8 Å². The summed E-state index contributed by atoms with van der Waals surface area (Å²) in [6, 6.07) is -0.229. The van der Waals surface area contributed by atoms with E-state index in [2.05, 4.69) is 5.32 Å². The fraction of sp³-hybridized carbons (Fsp3) is 0.800. The third-order valence-corrected chi connectivity index (χ3v) is 4.89. The largest absolute Gasteiger partial charge is 0.481 e. The predicted molar refractivity (Wildman–Crippen MR) is 78.4 cm³/mol. The molecule has 2 unspecified atom stereocenters. The molecule has 0 bridgehead atoms. The van der Waals surface area contributed by atoms with Gasteiger partial charge >= 0.3 is 18.0 Å². The number of urea groups is 1. The molecule has 2 fully saturated rings. The number of nitrogens with one attached hydrogen (secondary N) is 1. The Hall–Kier alpha value is -1.79. The van der Waals surface area contributed by atoms with Gasteiger partial charge < -0.3 is 20.4 Å². The molecule has 1 aliphatic heterocycles. The van der Waals surface area contributed by atoms with E-state index in [4.69, 9.17) is 10.2 Å². The first kappa shape index (κ1) is 16.6. The lowest BCUT2D eigenvalue weighted by atomic mass is 9.86. The van der Waals surface area contributed by atoms with E-state index in [-0.39, 0.29) is 30.0 Å². The molecule has 2 rings (SSSR count). The molecule has 1 heterocycles. The van der Waals surface area contributed by atoms with Crippen molar-refractivity contribution in [2.75, 3.05) is 6.54 Å². The van der Waals surface area contributed by atoms with Gasteiger partial charge in [0.2, 0.25) is 0 Å². The van der Waals surface area contributed by atoms with Gasteiger partial charge in [-0.3, -0.25) is 9.59 Å². The van der Waals surface area contributed by atoms with Gasteiger partial charge in [-0.2, -0.15) is 0 Å². The minimum Gasteiger partial charge on any atom is -0.481 e. The highest BCUT2D eigenvalue weighted by atomic mass is 16.4.